The molecule has 0 aromatic carbocycles. The van der Waals surface area contributed by atoms with Crippen molar-refractivity contribution in [2.24, 2.45) is 5.73 Å². The summed E-state index contributed by atoms with van der Waals surface area (Å²) in [6.07, 6.45) is 0.481. The molecule has 0 heterocycles. The summed E-state index contributed by atoms with van der Waals surface area (Å²) < 4.78 is 4.83. The van der Waals surface area contributed by atoms with E-state index < -0.39 is 12.0 Å². The van der Waals surface area contributed by atoms with Crippen molar-refractivity contribution in [1.29, 1.82) is 0 Å². The molecule has 1 atom stereocenters. The number of nitrogens with zero attached hydrogens (tertiary/aromatic N) is 1. The average Bonchev–Trinajstić information content (AvgIpc) is 2.23. The van der Waals surface area contributed by atoms with Gasteiger partial charge in [0.05, 0.1) is 6.61 Å². The monoisotopic (exact) mass is 246 g/mol. The SMILES string of the molecule is COCC(N)C(=O)N(CCCC(=O)O)C(C)C. The van der Waals surface area contributed by atoms with Gasteiger partial charge in [-0.05, 0) is 20.3 Å². The zero-order valence-electron chi connectivity index (χ0n) is 10.7. The lowest BCUT2D eigenvalue weighted by Gasteiger charge is -2.29. The Balaban J connectivity index is 4.31. The third-order valence-electron chi connectivity index (χ3n) is 2.36. The van der Waals surface area contributed by atoms with Crippen molar-refractivity contribution in [3.63, 3.8) is 0 Å². The molecule has 0 saturated carbocycles. The molecule has 6 heteroatoms. The molecule has 1 amide bonds. The van der Waals surface area contributed by atoms with Gasteiger partial charge in [0.2, 0.25) is 5.91 Å². The number of ether oxygens (including phenoxy) is 1. The molecule has 0 aliphatic carbocycles. The molecular formula is C11H22N2O4. The number of aliphatic carboxylic acids is 1. The van der Waals surface area contributed by atoms with Gasteiger partial charge in [-0.25, -0.2) is 0 Å². The van der Waals surface area contributed by atoms with Crippen molar-refractivity contribution in [3.05, 3.63) is 0 Å². The highest BCUT2D eigenvalue weighted by molar-refractivity contribution is 5.82. The molecule has 0 radical (unpaired) electrons. The summed E-state index contributed by atoms with van der Waals surface area (Å²) in [6, 6.07) is -0.688. The van der Waals surface area contributed by atoms with Crippen LogP contribution in [0.15, 0.2) is 0 Å². The third kappa shape index (κ3) is 6.23. The number of methoxy groups -OCH3 is 1. The van der Waals surface area contributed by atoms with E-state index in [1.807, 2.05) is 13.8 Å². The fraction of sp³-hybridized carbons (Fsp3) is 0.818. The zero-order chi connectivity index (χ0) is 13.4. The second-order valence-electron chi connectivity index (χ2n) is 4.18. The maximum atomic E-state index is 11.9. The summed E-state index contributed by atoms with van der Waals surface area (Å²) in [5, 5.41) is 8.55. The van der Waals surface area contributed by atoms with Gasteiger partial charge < -0.3 is 20.5 Å². The number of nitrogens with two attached hydrogens (primary N) is 1. The predicted molar refractivity (Wildman–Crippen MR) is 63.6 cm³/mol. The molecule has 6 nitrogen and oxygen atoms in total. The van der Waals surface area contributed by atoms with Crippen molar-refractivity contribution in [2.75, 3.05) is 20.3 Å². The van der Waals surface area contributed by atoms with Gasteiger partial charge in [-0.1, -0.05) is 0 Å². The van der Waals surface area contributed by atoms with Crippen LogP contribution in [0.25, 0.3) is 0 Å². The van der Waals surface area contributed by atoms with Crippen LogP contribution in [0, 0.1) is 0 Å². The van der Waals surface area contributed by atoms with Crippen molar-refractivity contribution in [1.82, 2.24) is 4.90 Å². The minimum Gasteiger partial charge on any atom is -0.481 e. The van der Waals surface area contributed by atoms with E-state index in [4.69, 9.17) is 15.6 Å². The number of amides is 1. The van der Waals surface area contributed by atoms with Crippen LogP contribution in [0.2, 0.25) is 0 Å². The number of carbonyl (C=O) groups excluding carboxylic acids is 1. The molecule has 0 fully saturated rings. The first-order valence-corrected chi connectivity index (χ1v) is 5.67. The molecule has 0 aromatic heterocycles. The molecule has 17 heavy (non-hydrogen) atoms. The molecule has 3 N–H and O–H groups in total. The smallest absolute Gasteiger partial charge is 0.303 e. The minimum atomic E-state index is -0.859. The molecule has 100 valence electrons. The Morgan fingerprint density at radius 1 is 1.41 bits per heavy atom. The van der Waals surface area contributed by atoms with Gasteiger partial charge in [0, 0.05) is 26.1 Å². The molecule has 0 aromatic rings. The summed E-state index contributed by atoms with van der Waals surface area (Å²) >= 11 is 0. The molecule has 0 spiro atoms. The van der Waals surface area contributed by atoms with E-state index in [1.165, 1.54) is 7.11 Å². The van der Waals surface area contributed by atoms with Gasteiger partial charge in [0.25, 0.3) is 0 Å². The van der Waals surface area contributed by atoms with E-state index in [-0.39, 0.29) is 25.0 Å². The summed E-state index contributed by atoms with van der Waals surface area (Å²) in [4.78, 5) is 23.9. The van der Waals surface area contributed by atoms with Gasteiger partial charge in [-0.2, -0.15) is 0 Å². The van der Waals surface area contributed by atoms with Gasteiger partial charge >= 0.3 is 5.97 Å². The highest BCUT2D eigenvalue weighted by Crippen LogP contribution is 2.04. The Hall–Kier alpha value is -1.14. The summed E-state index contributed by atoms with van der Waals surface area (Å²) in [5.74, 6) is -1.06. The van der Waals surface area contributed by atoms with Crippen LogP contribution in [-0.4, -0.2) is 54.2 Å². The fourth-order valence-corrected chi connectivity index (χ4v) is 1.49. The molecule has 0 saturated heterocycles. The molecule has 1 unspecified atom stereocenters. The average molecular weight is 246 g/mol. The van der Waals surface area contributed by atoms with Crippen LogP contribution in [0.4, 0.5) is 0 Å². The number of rotatable bonds is 8. The molecule has 0 bridgehead atoms. The van der Waals surface area contributed by atoms with Crippen LogP contribution in [0.3, 0.4) is 0 Å². The molecule has 0 aliphatic rings. The Labute approximate surface area is 102 Å². The first kappa shape index (κ1) is 15.9. The molecule has 0 rings (SSSR count). The molecule has 0 aliphatic heterocycles. The van der Waals surface area contributed by atoms with Crippen molar-refractivity contribution >= 4 is 11.9 Å². The first-order valence-electron chi connectivity index (χ1n) is 5.67. The Kier molecular flexibility index (Phi) is 7.49. The van der Waals surface area contributed by atoms with Crippen molar-refractivity contribution < 1.29 is 19.4 Å². The number of hydrogen-bond donors (Lipinski definition) is 2. The van der Waals surface area contributed by atoms with Gasteiger partial charge in [0.1, 0.15) is 6.04 Å². The van der Waals surface area contributed by atoms with Crippen LogP contribution in [0.1, 0.15) is 26.7 Å². The third-order valence-corrected chi connectivity index (χ3v) is 2.36. The lowest BCUT2D eigenvalue weighted by Crippen LogP contribution is -2.49. The van der Waals surface area contributed by atoms with E-state index in [2.05, 4.69) is 0 Å². The van der Waals surface area contributed by atoms with E-state index >= 15 is 0 Å². The van der Waals surface area contributed by atoms with Crippen LogP contribution in [-0.2, 0) is 14.3 Å². The van der Waals surface area contributed by atoms with Gasteiger partial charge in [0.15, 0.2) is 0 Å². The highest BCUT2D eigenvalue weighted by atomic mass is 16.5. The summed E-state index contributed by atoms with van der Waals surface area (Å²) in [7, 11) is 1.48. The van der Waals surface area contributed by atoms with Crippen molar-refractivity contribution in [3.8, 4) is 0 Å². The van der Waals surface area contributed by atoms with Gasteiger partial charge in [-0.15, -0.1) is 0 Å². The number of carboxylic acid groups (broad SMARTS) is 1. The number of carbonyl (C=O) groups is 2. The van der Waals surface area contributed by atoms with Crippen LogP contribution < -0.4 is 5.73 Å². The topological polar surface area (TPSA) is 92.9 Å². The van der Waals surface area contributed by atoms with Crippen molar-refractivity contribution in [2.45, 2.75) is 38.8 Å². The standard InChI is InChI=1S/C11H22N2O4/c1-8(2)13(6-4-5-10(14)15)11(16)9(12)7-17-3/h8-9H,4-7,12H2,1-3H3,(H,14,15). The minimum absolute atomic E-state index is 0.000740. The Bertz CT molecular complexity index is 256. The van der Waals surface area contributed by atoms with E-state index in [1.54, 1.807) is 4.90 Å². The van der Waals surface area contributed by atoms with Crippen LogP contribution >= 0.6 is 0 Å². The predicted octanol–water partition coefficient (Wildman–Crippen LogP) is 0.0619. The largest absolute Gasteiger partial charge is 0.481 e. The normalized spacial score (nSPS) is 12.5. The highest BCUT2D eigenvalue weighted by Gasteiger charge is 2.22. The van der Waals surface area contributed by atoms with Gasteiger partial charge in [-0.3, -0.25) is 9.59 Å². The van der Waals surface area contributed by atoms with E-state index in [9.17, 15) is 9.59 Å². The summed E-state index contributed by atoms with van der Waals surface area (Å²) in [5.41, 5.74) is 5.67. The number of hydrogen-bond acceptors (Lipinski definition) is 4. The maximum Gasteiger partial charge on any atom is 0.303 e. The quantitative estimate of drug-likeness (QED) is 0.632. The Morgan fingerprint density at radius 2 is 2.00 bits per heavy atom. The van der Waals surface area contributed by atoms with E-state index in [0.717, 1.165) is 0 Å². The first-order chi connectivity index (χ1) is 7.90. The second kappa shape index (κ2) is 8.03. The fourth-order valence-electron chi connectivity index (χ4n) is 1.49. The summed E-state index contributed by atoms with van der Waals surface area (Å²) in [6.45, 7) is 4.32. The second-order valence-corrected chi connectivity index (χ2v) is 4.18. The maximum absolute atomic E-state index is 11.9. The Morgan fingerprint density at radius 3 is 2.41 bits per heavy atom. The number of carboxylic acids is 1. The molecular weight excluding hydrogens is 224 g/mol. The zero-order valence-corrected chi connectivity index (χ0v) is 10.7. The van der Waals surface area contributed by atoms with E-state index in [0.29, 0.717) is 13.0 Å². The lowest BCUT2D eigenvalue weighted by atomic mass is 10.2. The van der Waals surface area contributed by atoms with Crippen LogP contribution in [0.5, 0.6) is 0 Å². The lowest BCUT2D eigenvalue weighted by molar-refractivity contribution is -0.139.